The second-order valence-electron chi connectivity index (χ2n) is 6.57. The Morgan fingerprint density at radius 3 is 3.09 bits per heavy atom. The summed E-state index contributed by atoms with van der Waals surface area (Å²) < 4.78 is 11.6. The normalized spacial score (nSPS) is 22.3. The van der Waals surface area contributed by atoms with E-state index in [1.54, 1.807) is 4.90 Å². The summed E-state index contributed by atoms with van der Waals surface area (Å²) in [5, 5.41) is 2.99. The number of nitrogens with one attached hydrogen (secondary N) is 1. The maximum atomic E-state index is 12.4. The van der Waals surface area contributed by atoms with Gasteiger partial charge >= 0.3 is 6.03 Å². The van der Waals surface area contributed by atoms with E-state index in [0.717, 1.165) is 36.4 Å². The number of ether oxygens (including phenoxy) is 2. The van der Waals surface area contributed by atoms with Gasteiger partial charge in [-0.3, -0.25) is 0 Å². The molecule has 5 heteroatoms. The number of urea groups is 1. The predicted molar refractivity (Wildman–Crippen MR) is 85.5 cm³/mol. The fraction of sp³-hybridized carbons (Fsp3) is 0.588. The van der Waals surface area contributed by atoms with E-state index in [2.05, 4.69) is 25.2 Å². The van der Waals surface area contributed by atoms with Crippen LogP contribution in [0.3, 0.4) is 0 Å². The van der Waals surface area contributed by atoms with Crippen LogP contribution < -0.4 is 10.1 Å². The summed E-state index contributed by atoms with van der Waals surface area (Å²) in [6.07, 6.45) is 1.92. The first-order valence-corrected chi connectivity index (χ1v) is 7.97. The SMILES string of the molecule is CCO[C@H]1CCN(C(=O)Nc2cccc3c2OC(C)(C)C3)C1. The van der Waals surface area contributed by atoms with Crippen LogP contribution in [0.1, 0.15) is 32.8 Å². The lowest BCUT2D eigenvalue weighted by molar-refractivity contribution is 0.0716. The Labute approximate surface area is 131 Å². The van der Waals surface area contributed by atoms with E-state index < -0.39 is 0 Å². The van der Waals surface area contributed by atoms with Gasteiger partial charge in [0.25, 0.3) is 0 Å². The largest absolute Gasteiger partial charge is 0.485 e. The predicted octanol–water partition coefficient (Wildman–Crippen LogP) is 3.04. The van der Waals surface area contributed by atoms with Crippen molar-refractivity contribution in [1.29, 1.82) is 0 Å². The number of hydrogen-bond acceptors (Lipinski definition) is 3. The summed E-state index contributed by atoms with van der Waals surface area (Å²) in [5.74, 6) is 0.807. The molecule has 2 aliphatic rings. The Bertz CT molecular complexity index is 571. The van der Waals surface area contributed by atoms with E-state index in [9.17, 15) is 4.79 Å². The smallest absolute Gasteiger partial charge is 0.322 e. The van der Waals surface area contributed by atoms with E-state index in [4.69, 9.17) is 9.47 Å². The average Bonchev–Trinajstić information content (AvgIpc) is 3.02. The number of carbonyl (C=O) groups is 1. The van der Waals surface area contributed by atoms with Crippen LogP contribution in [0.4, 0.5) is 10.5 Å². The lowest BCUT2D eigenvalue weighted by Crippen LogP contribution is -2.34. The molecule has 120 valence electrons. The van der Waals surface area contributed by atoms with Crippen LogP contribution in [0.2, 0.25) is 0 Å². The van der Waals surface area contributed by atoms with Crippen LogP contribution in [0.15, 0.2) is 18.2 Å². The molecule has 5 nitrogen and oxygen atoms in total. The number of carbonyl (C=O) groups excluding carboxylic acids is 1. The summed E-state index contributed by atoms with van der Waals surface area (Å²) in [4.78, 5) is 14.2. The van der Waals surface area contributed by atoms with E-state index >= 15 is 0 Å². The Morgan fingerprint density at radius 2 is 2.32 bits per heavy atom. The number of amides is 2. The average molecular weight is 304 g/mol. The molecule has 22 heavy (non-hydrogen) atoms. The van der Waals surface area contributed by atoms with E-state index in [-0.39, 0.29) is 17.7 Å². The Morgan fingerprint density at radius 1 is 1.50 bits per heavy atom. The molecule has 1 N–H and O–H groups in total. The van der Waals surface area contributed by atoms with Gasteiger partial charge in [-0.05, 0) is 33.3 Å². The number of anilines is 1. The van der Waals surface area contributed by atoms with Gasteiger partial charge in [-0.25, -0.2) is 4.79 Å². The van der Waals surface area contributed by atoms with Crippen molar-refractivity contribution in [2.24, 2.45) is 0 Å². The number of para-hydroxylation sites is 1. The van der Waals surface area contributed by atoms with Crippen molar-refractivity contribution >= 4 is 11.7 Å². The molecule has 0 unspecified atom stereocenters. The highest BCUT2D eigenvalue weighted by Gasteiger charge is 2.33. The molecular weight excluding hydrogens is 280 g/mol. The molecular formula is C17H24N2O3. The molecule has 1 aromatic carbocycles. The molecule has 0 saturated carbocycles. The number of hydrogen-bond donors (Lipinski definition) is 1. The minimum Gasteiger partial charge on any atom is -0.485 e. The van der Waals surface area contributed by atoms with Gasteiger partial charge in [-0.15, -0.1) is 0 Å². The maximum Gasteiger partial charge on any atom is 0.322 e. The van der Waals surface area contributed by atoms with Crippen molar-refractivity contribution in [3.05, 3.63) is 23.8 Å². The first-order valence-electron chi connectivity index (χ1n) is 7.97. The lowest BCUT2D eigenvalue weighted by Gasteiger charge is -2.20. The molecule has 2 amide bonds. The summed E-state index contributed by atoms with van der Waals surface area (Å²) >= 11 is 0. The van der Waals surface area contributed by atoms with E-state index in [0.29, 0.717) is 13.2 Å². The minimum absolute atomic E-state index is 0.0797. The molecule has 1 saturated heterocycles. The van der Waals surface area contributed by atoms with Gasteiger partial charge in [0, 0.05) is 31.7 Å². The number of nitrogens with zero attached hydrogens (tertiary/aromatic N) is 1. The van der Waals surface area contributed by atoms with Crippen molar-refractivity contribution in [1.82, 2.24) is 4.90 Å². The van der Waals surface area contributed by atoms with Crippen molar-refractivity contribution in [2.45, 2.75) is 45.3 Å². The molecule has 2 aliphatic heterocycles. The van der Waals surface area contributed by atoms with Crippen LogP contribution in [-0.2, 0) is 11.2 Å². The summed E-state index contributed by atoms with van der Waals surface area (Å²) in [5.41, 5.74) is 1.70. The van der Waals surface area contributed by atoms with Crippen LogP contribution in [0.5, 0.6) is 5.75 Å². The van der Waals surface area contributed by atoms with Crippen LogP contribution in [0, 0.1) is 0 Å². The molecule has 1 aromatic rings. The monoisotopic (exact) mass is 304 g/mol. The first kappa shape index (κ1) is 15.2. The van der Waals surface area contributed by atoms with Crippen molar-refractivity contribution in [2.75, 3.05) is 25.0 Å². The van der Waals surface area contributed by atoms with E-state index in [1.807, 2.05) is 19.1 Å². The van der Waals surface area contributed by atoms with Gasteiger partial charge in [0.2, 0.25) is 0 Å². The van der Waals surface area contributed by atoms with Crippen molar-refractivity contribution < 1.29 is 14.3 Å². The maximum absolute atomic E-state index is 12.4. The van der Waals surface area contributed by atoms with Crippen LogP contribution >= 0.6 is 0 Å². The van der Waals surface area contributed by atoms with Gasteiger partial charge in [0.1, 0.15) is 11.4 Å². The van der Waals surface area contributed by atoms with Gasteiger partial charge in [-0.1, -0.05) is 12.1 Å². The van der Waals surface area contributed by atoms with Gasteiger partial charge in [-0.2, -0.15) is 0 Å². The third-order valence-corrected chi connectivity index (χ3v) is 4.17. The standard InChI is InChI=1S/C17H24N2O3/c1-4-21-13-8-9-19(11-13)16(20)18-14-7-5-6-12-10-17(2,3)22-15(12)14/h5-7,13H,4,8-11H2,1-3H3,(H,18,20)/t13-/m0/s1. The van der Waals surface area contributed by atoms with E-state index in [1.165, 1.54) is 0 Å². The number of fused-ring (bicyclic) bond motifs is 1. The van der Waals surface area contributed by atoms with Crippen LogP contribution in [-0.4, -0.2) is 42.3 Å². The second-order valence-corrected chi connectivity index (χ2v) is 6.57. The highest BCUT2D eigenvalue weighted by atomic mass is 16.5. The number of rotatable bonds is 3. The fourth-order valence-corrected chi connectivity index (χ4v) is 3.19. The fourth-order valence-electron chi connectivity index (χ4n) is 3.19. The molecule has 2 heterocycles. The van der Waals surface area contributed by atoms with Crippen molar-refractivity contribution in [3.8, 4) is 5.75 Å². The first-order chi connectivity index (χ1) is 10.5. The molecule has 0 aliphatic carbocycles. The topological polar surface area (TPSA) is 50.8 Å². The summed E-state index contributed by atoms with van der Waals surface area (Å²) in [6.45, 7) is 8.18. The Hall–Kier alpha value is -1.75. The van der Waals surface area contributed by atoms with Gasteiger partial charge in [0.15, 0.2) is 0 Å². The Balaban J connectivity index is 1.68. The quantitative estimate of drug-likeness (QED) is 0.934. The molecule has 1 atom stereocenters. The second kappa shape index (κ2) is 5.80. The highest BCUT2D eigenvalue weighted by molar-refractivity contribution is 5.91. The van der Waals surface area contributed by atoms with Gasteiger partial charge in [0.05, 0.1) is 11.8 Å². The van der Waals surface area contributed by atoms with Crippen LogP contribution in [0.25, 0.3) is 0 Å². The zero-order valence-electron chi connectivity index (χ0n) is 13.5. The summed E-state index contributed by atoms with van der Waals surface area (Å²) in [7, 11) is 0. The highest BCUT2D eigenvalue weighted by Crippen LogP contribution is 2.40. The molecule has 0 aromatic heterocycles. The third-order valence-electron chi connectivity index (χ3n) is 4.17. The third kappa shape index (κ3) is 3.04. The molecule has 1 fully saturated rings. The van der Waals surface area contributed by atoms with Gasteiger partial charge < -0.3 is 19.7 Å². The zero-order chi connectivity index (χ0) is 15.7. The molecule has 0 spiro atoms. The number of benzene rings is 1. The zero-order valence-corrected chi connectivity index (χ0v) is 13.5. The molecule has 3 rings (SSSR count). The lowest BCUT2D eigenvalue weighted by atomic mass is 10.0. The molecule has 0 radical (unpaired) electrons. The molecule has 0 bridgehead atoms. The minimum atomic E-state index is -0.211. The Kier molecular flexibility index (Phi) is 4.00. The number of likely N-dealkylation sites (tertiary alicyclic amines) is 1. The van der Waals surface area contributed by atoms with Crippen molar-refractivity contribution in [3.63, 3.8) is 0 Å². The summed E-state index contributed by atoms with van der Waals surface area (Å²) in [6, 6.07) is 5.84.